The molecule has 0 bridgehead atoms. The third-order valence-corrected chi connectivity index (χ3v) is 3.46. The number of carbonyl (C=O) groups excluding carboxylic acids is 1. The second kappa shape index (κ2) is 7.51. The third kappa shape index (κ3) is 5.50. The lowest BCUT2D eigenvalue weighted by atomic mass is 10.2. The van der Waals surface area contributed by atoms with Crippen LogP contribution in [0.2, 0.25) is 0 Å². The summed E-state index contributed by atoms with van der Waals surface area (Å²) in [6.45, 7) is 1.08. The summed E-state index contributed by atoms with van der Waals surface area (Å²) in [6.07, 6.45) is 0. The Hall–Kier alpha value is 0.0900. The van der Waals surface area contributed by atoms with Gasteiger partial charge in [-0.05, 0) is 18.2 Å². The average Bonchev–Trinajstić information content (AvgIpc) is 2.25. The number of benzene rings is 1. The zero-order valence-electron chi connectivity index (χ0n) is 9.17. The number of methoxy groups -OCH3 is 1. The smallest absolute Gasteiger partial charge is 0.251 e. The van der Waals surface area contributed by atoms with Gasteiger partial charge in [-0.25, -0.2) is 0 Å². The number of halogens is 3. The molecule has 3 nitrogen and oxygen atoms in total. The van der Waals surface area contributed by atoms with E-state index in [9.17, 15) is 4.79 Å². The third-order valence-electron chi connectivity index (χ3n) is 1.96. The van der Waals surface area contributed by atoms with Crippen LogP contribution in [0.4, 0.5) is 0 Å². The van der Waals surface area contributed by atoms with Crippen molar-refractivity contribution in [2.75, 3.05) is 20.3 Å². The number of carbonyl (C=O) groups is 1. The minimum Gasteiger partial charge on any atom is -0.383 e. The van der Waals surface area contributed by atoms with Crippen LogP contribution in [-0.4, -0.2) is 31.0 Å². The van der Waals surface area contributed by atoms with Gasteiger partial charge in [0.05, 0.1) is 11.4 Å². The molecule has 94 valence electrons. The molecule has 0 aliphatic rings. The number of amides is 1. The minimum absolute atomic E-state index is 0.104. The number of nitrogens with one attached hydrogen (secondary N) is 1. The second-order valence-corrected chi connectivity index (χ2v) is 6.55. The van der Waals surface area contributed by atoms with Crippen LogP contribution < -0.4 is 5.32 Å². The van der Waals surface area contributed by atoms with E-state index in [1.807, 2.05) is 6.07 Å². The lowest BCUT2D eigenvalue weighted by molar-refractivity contribution is 0.0950. The van der Waals surface area contributed by atoms with E-state index in [-0.39, 0.29) is 10.7 Å². The van der Waals surface area contributed by atoms with Crippen LogP contribution in [0.25, 0.3) is 0 Å². The van der Waals surface area contributed by atoms with Gasteiger partial charge in [0, 0.05) is 28.2 Å². The topological polar surface area (TPSA) is 38.3 Å². The molecule has 1 amide bonds. The van der Waals surface area contributed by atoms with E-state index in [1.165, 1.54) is 0 Å². The summed E-state index contributed by atoms with van der Waals surface area (Å²) in [7, 11) is 1.63. The molecule has 1 atom stereocenters. The molecule has 1 aromatic carbocycles. The van der Waals surface area contributed by atoms with E-state index < -0.39 is 0 Å². The summed E-state index contributed by atoms with van der Waals surface area (Å²) < 4.78 is 6.70. The molecule has 1 aromatic rings. The average molecular weight is 430 g/mol. The van der Waals surface area contributed by atoms with Crippen LogP contribution in [0.15, 0.2) is 27.1 Å². The fraction of sp³-hybridized carbons (Fsp3) is 0.364. The summed E-state index contributed by atoms with van der Waals surface area (Å²) >= 11 is 10.1. The number of alkyl halides is 1. The highest BCUT2D eigenvalue weighted by Crippen LogP contribution is 2.20. The maximum absolute atomic E-state index is 11.8. The molecule has 0 aliphatic carbocycles. The lowest BCUT2D eigenvalue weighted by Crippen LogP contribution is -2.31. The largest absolute Gasteiger partial charge is 0.383 e. The quantitative estimate of drug-likeness (QED) is 0.729. The van der Waals surface area contributed by atoms with Crippen molar-refractivity contribution in [1.29, 1.82) is 0 Å². The summed E-state index contributed by atoms with van der Waals surface area (Å²) in [6, 6.07) is 5.44. The summed E-state index contributed by atoms with van der Waals surface area (Å²) in [4.78, 5) is 12.0. The molecule has 0 aliphatic heterocycles. The van der Waals surface area contributed by atoms with Crippen molar-refractivity contribution in [2.45, 2.75) is 4.83 Å². The molecule has 1 unspecified atom stereocenters. The van der Waals surface area contributed by atoms with E-state index >= 15 is 0 Å². The zero-order chi connectivity index (χ0) is 12.8. The molecule has 1 rings (SSSR count). The number of hydrogen-bond donors (Lipinski definition) is 1. The maximum Gasteiger partial charge on any atom is 0.251 e. The first-order valence-electron chi connectivity index (χ1n) is 4.90. The van der Waals surface area contributed by atoms with Crippen molar-refractivity contribution in [3.05, 3.63) is 32.7 Å². The van der Waals surface area contributed by atoms with Crippen LogP contribution in [0, 0.1) is 0 Å². The number of hydrogen-bond acceptors (Lipinski definition) is 2. The van der Waals surface area contributed by atoms with Gasteiger partial charge < -0.3 is 10.1 Å². The SMILES string of the molecule is COCC(Br)CNC(=O)c1cc(Br)cc(Br)c1. The van der Waals surface area contributed by atoms with E-state index in [2.05, 4.69) is 53.1 Å². The van der Waals surface area contributed by atoms with Crippen molar-refractivity contribution in [3.8, 4) is 0 Å². The van der Waals surface area contributed by atoms with Gasteiger partial charge in [0.2, 0.25) is 0 Å². The minimum atomic E-state index is -0.104. The number of rotatable bonds is 5. The lowest BCUT2D eigenvalue weighted by Gasteiger charge is -2.10. The Bertz CT molecular complexity index is 378. The highest BCUT2D eigenvalue weighted by molar-refractivity contribution is 9.11. The van der Waals surface area contributed by atoms with Gasteiger partial charge in [0.15, 0.2) is 0 Å². The van der Waals surface area contributed by atoms with Crippen molar-refractivity contribution in [2.24, 2.45) is 0 Å². The normalized spacial score (nSPS) is 12.2. The van der Waals surface area contributed by atoms with E-state index in [0.717, 1.165) is 8.95 Å². The van der Waals surface area contributed by atoms with E-state index in [1.54, 1.807) is 19.2 Å². The molecule has 0 aromatic heterocycles. The predicted molar refractivity (Wildman–Crippen MR) is 78.8 cm³/mol. The Morgan fingerprint density at radius 1 is 1.35 bits per heavy atom. The first kappa shape index (κ1) is 15.1. The standard InChI is InChI=1S/C11H12Br3NO2/c1-17-6-10(14)5-15-11(16)7-2-8(12)4-9(13)3-7/h2-4,10H,5-6H2,1H3,(H,15,16). The van der Waals surface area contributed by atoms with Crippen LogP contribution in [0.3, 0.4) is 0 Å². The number of ether oxygens (including phenoxy) is 1. The van der Waals surface area contributed by atoms with Gasteiger partial charge in [-0.2, -0.15) is 0 Å². The predicted octanol–water partition coefficient (Wildman–Crippen LogP) is 3.35. The molecule has 0 saturated carbocycles. The van der Waals surface area contributed by atoms with Gasteiger partial charge in [0.25, 0.3) is 5.91 Å². The highest BCUT2D eigenvalue weighted by atomic mass is 79.9. The fourth-order valence-corrected chi connectivity index (χ4v) is 2.95. The monoisotopic (exact) mass is 427 g/mol. The maximum atomic E-state index is 11.8. The second-order valence-electron chi connectivity index (χ2n) is 3.42. The van der Waals surface area contributed by atoms with Crippen molar-refractivity contribution < 1.29 is 9.53 Å². The summed E-state index contributed by atoms with van der Waals surface area (Å²) in [5.74, 6) is -0.104. The van der Waals surface area contributed by atoms with Gasteiger partial charge >= 0.3 is 0 Å². The Morgan fingerprint density at radius 2 is 1.94 bits per heavy atom. The van der Waals surface area contributed by atoms with Crippen molar-refractivity contribution in [3.63, 3.8) is 0 Å². The fourth-order valence-electron chi connectivity index (χ4n) is 1.23. The molecule has 0 heterocycles. The van der Waals surface area contributed by atoms with Crippen LogP contribution in [0.5, 0.6) is 0 Å². The van der Waals surface area contributed by atoms with Gasteiger partial charge in [-0.1, -0.05) is 47.8 Å². The molecule has 6 heteroatoms. The Labute approximate surface area is 126 Å². The van der Waals surface area contributed by atoms with Gasteiger partial charge in [-0.3, -0.25) is 4.79 Å². The summed E-state index contributed by atoms with van der Waals surface area (Å²) in [5, 5.41) is 2.83. The molecule has 0 saturated heterocycles. The molecule has 1 N–H and O–H groups in total. The van der Waals surface area contributed by atoms with E-state index in [4.69, 9.17) is 4.74 Å². The highest BCUT2D eigenvalue weighted by Gasteiger charge is 2.09. The van der Waals surface area contributed by atoms with Crippen LogP contribution >= 0.6 is 47.8 Å². The first-order valence-corrected chi connectivity index (χ1v) is 7.40. The van der Waals surface area contributed by atoms with E-state index in [0.29, 0.717) is 18.7 Å². The zero-order valence-corrected chi connectivity index (χ0v) is 13.9. The Kier molecular flexibility index (Phi) is 6.69. The first-order chi connectivity index (χ1) is 8.02. The molecular formula is C11H12Br3NO2. The van der Waals surface area contributed by atoms with Gasteiger partial charge in [0.1, 0.15) is 0 Å². The Balaban J connectivity index is 2.58. The molecule has 0 fully saturated rings. The van der Waals surface area contributed by atoms with Crippen molar-refractivity contribution >= 4 is 53.7 Å². The summed E-state index contributed by atoms with van der Waals surface area (Å²) in [5.41, 5.74) is 0.614. The van der Waals surface area contributed by atoms with Crippen molar-refractivity contribution in [1.82, 2.24) is 5.32 Å². The van der Waals surface area contributed by atoms with Crippen LogP contribution in [-0.2, 0) is 4.74 Å². The molecule has 0 radical (unpaired) electrons. The Morgan fingerprint density at radius 3 is 2.47 bits per heavy atom. The molecular weight excluding hydrogens is 418 g/mol. The van der Waals surface area contributed by atoms with Gasteiger partial charge in [-0.15, -0.1) is 0 Å². The molecule has 0 spiro atoms. The van der Waals surface area contributed by atoms with Crippen LogP contribution in [0.1, 0.15) is 10.4 Å². The molecule has 17 heavy (non-hydrogen) atoms.